The van der Waals surface area contributed by atoms with Gasteiger partial charge in [0.1, 0.15) is 11.8 Å². The molecule has 0 aliphatic carbocycles. The molecule has 0 amide bonds. The van der Waals surface area contributed by atoms with Gasteiger partial charge in [0.05, 0.1) is 7.11 Å². The first-order chi connectivity index (χ1) is 10.1. The van der Waals surface area contributed by atoms with Gasteiger partial charge in [0.2, 0.25) is 6.54 Å². The first-order valence-electron chi connectivity index (χ1n) is 6.67. The van der Waals surface area contributed by atoms with E-state index in [1.54, 1.807) is 7.11 Å². The van der Waals surface area contributed by atoms with Crippen LogP contribution in [-0.2, 0) is 0 Å². The van der Waals surface area contributed by atoms with Crippen molar-refractivity contribution in [1.29, 1.82) is 0 Å². The average Bonchev–Trinajstić information content (AvgIpc) is 2.47. The molecule has 1 N–H and O–H groups in total. The van der Waals surface area contributed by atoms with E-state index in [-0.39, 0.29) is 17.5 Å². The Balaban J connectivity index is 2.21. The SMILES string of the molecule is COc1ccc(N[C@@H](C[N+](=O)[O-])c2cccc(C)c2)cc1. The predicted octanol–water partition coefficient (Wildman–Crippen LogP) is 3.43. The summed E-state index contributed by atoms with van der Waals surface area (Å²) in [5.74, 6) is 0.752. The zero-order valence-electron chi connectivity index (χ0n) is 12.1. The molecule has 5 heteroatoms. The van der Waals surface area contributed by atoms with Crippen LogP contribution >= 0.6 is 0 Å². The van der Waals surface area contributed by atoms with Crippen molar-refractivity contribution in [3.63, 3.8) is 0 Å². The van der Waals surface area contributed by atoms with Crippen LogP contribution in [0.1, 0.15) is 17.2 Å². The van der Waals surface area contributed by atoms with Gasteiger partial charge in [0, 0.05) is 10.6 Å². The maximum atomic E-state index is 10.9. The van der Waals surface area contributed by atoms with Gasteiger partial charge in [-0.3, -0.25) is 10.1 Å². The third-order valence-corrected chi connectivity index (χ3v) is 3.21. The molecule has 2 aromatic rings. The van der Waals surface area contributed by atoms with Crippen LogP contribution in [0.15, 0.2) is 48.5 Å². The molecule has 5 nitrogen and oxygen atoms in total. The number of nitro groups is 1. The minimum Gasteiger partial charge on any atom is -0.497 e. The van der Waals surface area contributed by atoms with E-state index >= 15 is 0 Å². The van der Waals surface area contributed by atoms with Gasteiger partial charge in [0.25, 0.3) is 0 Å². The largest absolute Gasteiger partial charge is 0.497 e. The van der Waals surface area contributed by atoms with Crippen LogP contribution in [0.3, 0.4) is 0 Å². The van der Waals surface area contributed by atoms with Crippen LogP contribution in [0.5, 0.6) is 5.75 Å². The Hall–Kier alpha value is -2.56. The monoisotopic (exact) mass is 286 g/mol. The summed E-state index contributed by atoms with van der Waals surface area (Å²) >= 11 is 0. The number of methoxy groups -OCH3 is 1. The smallest absolute Gasteiger partial charge is 0.227 e. The van der Waals surface area contributed by atoms with Gasteiger partial charge in [-0.25, -0.2) is 0 Å². The van der Waals surface area contributed by atoms with Gasteiger partial charge in [0.15, 0.2) is 0 Å². The summed E-state index contributed by atoms with van der Waals surface area (Å²) in [5.41, 5.74) is 2.81. The van der Waals surface area contributed by atoms with Crippen molar-refractivity contribution < 1.29 is 9.66 Å². The van der Waals surface area contributed by atoms with Crippen molar-refractivity contribution in [2.45, 2.75) is 13.0 Å². The van der Waals surface area contributed by atoms with Crippen LogP contribution in [0.2, 0.25) is 0 Å². The molecule has 1 atom stereocenters. The van der Waals surface area contributed by atoms with E-state index in [0.717, 1.165) is 22.6 Å². The fraction of sp³-hybridized carbons (Fsp3) is 0.250. The van der Waals surface area contributed by atoms with E-state index in [1.165, 1.54) is 0 Å². The summed E-state index contributed by atoms with van der Waals surface area (Å²) in [7, 11) is 1.60. The van der Waals surface area contributed by atoms with Crippen LogP contribution < -0.4 is 10.1 Å². The number of nitrogens with zero attached hydrogens (tertiary/aromatic N) is 1. The molecule has 0 saturated heterocycles. The zero-order chi connectivity index (χ0) is 15.2. The van der Waals surface area contributed by atoms with Gasteiger partial charge >= 0.3 is 0 Å². The molecular weight excluding hydrogens is 268 g/mol. The van der Waals surface area contributed by atoms with E-state index in [2.05, 4.69) is 5.32 Å². The second-order valence-corrected chi connectivity index (χ2v) is 4.85. The van der Waals surface area contributed by atoms with Gasteiger partial charge in [-0.2, -0.15) is 0 Å². The van der Waals surface area contributed by atoms with Crippen molar-refractivity contribution in [2.24, 2.45) is 0 Å². The fourth-order valence-corrected chi connectivity index (χ4v) is 2.16. The van der Waals surface area contributed by atoms with Gasteiger partial charge in [-0.1, -0.05) is 29.8 Å². The lowest BCUT2D eigenvalue weighted by atomic mass is 10.0. The number of nitrogens with one attached hydrogen (secondary N) is 1. The van der Waals surface area contributed by atoms with Crippen molar-refractivity contribution in [3.8, 4) is 5.75 Å². The highest BCUT2D eigenvalue weighted by molar-refractivity contribution is 5.48. The molecule has 0 spiro atoms. The average molecular weight is 286 g/mol. The van der Waals surface area contributed by atoms with Gasteiger partial charge in [-0.05, 0) is 36.8 Å². The number of hydrogen-bond donors (Lipinski definition) is 1. The second kappa shape index (κ2) is 6.74. The summed E-state index contributed by atoms with van der Waals surface area (Å²) in [6.07, 6.45) is 0. The van der Waals surface area contributed by atoms with E-state index < -0.39 is 0 Å². The van der Waals surface area contributed by atoms with E-state index in [9.17, 15) is 10.1 Å². The van der Waals surface area contributed by atoms with E-state index in [4.69, 9.17) is 4.74 Å². The Kier molecular flexibility index (Phi) is 4.77. The summed E-state index contributed by atoms with van der Waals surface area (Å²) in [4.78, 5) is 10.6. The van der Waals surface area contributed by atoms with Crippen molar-refractivity contribution in [3.05, 3.63) is 69.8 Å². The van der Waals surface area contributed by atoms with Crippen LogP contribution in [0.25, 0.3) is 0 Å². The topological polar surface area (TPSA) is 64.4 Å². The molecular formula is C16H18N2O3. The second-order valence-electron chi connectivity index (χ2n) is 4.85. The highest BCUT2D eigenvalue weighted by atomic mass is 16.6. The first kappa shape index (κ1) is 14.8. The molecule has 0 heterocycles. The minimum atomic E-state index is -0.367. The molecule has 110 valence electrons. The zero-order valence-corrected chi connectivity index (χ0v) is 12.1. The number of ether oxygens (including phenoxy) is 1. The maximum absolute atomic E-state index is 10.9. The molecule has 2 rings (SSSR count). The van der Waals surface area contributed by atoms with Crippen molar-refractivity contribution in [2.75, 3.05) is 19.0 Å². The van der Waals surface area contributed by atoms with Crippen LogP contribution in [-0.4, -0.2) is 18.6 Å². The summed E-state index contributed by atoms with van der Waals surface area (Å²) < 4.78 is 5.10. The lowest BCUT2D eigenvalue weighted by molar-refractivity contribution is -0.482. The third kappa shape index (κ3) is 4.21. The van der Waals surface area contributed by atoms with Crippen molar-refractivity contribution in [1.82, 2.24) is 0 Å². The Morgan fingerprint density at radius 2 is 1.95 bits per heavy atom. The van der Waals surface area contributed by atoms with Crippen molar-refractivity contribution >= 4 is 5.69 Å². The molecule has 0 bridgehead atoms. The molecule has 0 aliphatic heterocycles. The molecule has 0 aromatic heterocycles. The number of aryl methyl sites for hydroxylation is 1. The number of anilines is 1. The molecule has 0 radical (unpaired) electrons. The summed E-state index contributed by atoms with van der Waals surface area (Å²) in [6.45, 7) is 1.80. The minimum absolute atomic E-state index is 0.171. The van der Waals surface area contributed by atoms with Gasteiger partial charge < -0.3 is 10.1 Å². The van der Waals surface area contributed by atoms with Crippen LogP contribution in [0.4, 0.5) is 5.69 Å². The maximum Gasteiger partial charge on any atom is 0.227 e. The third-order valence-electron chi connectivity index (χ3n) is 3.21. The molecule has 0 unspecified atom stereocenters. The molecule has 0 saturated carbocycles. The normalized spacial score (nSPS) is 11.7. The van der Waals surface area contributed by atoms with Gasteiger partial charge in [-0.15, -0.1) is 0 Å². The molecule has 0 fully saturated rings. The fourth-order valence-electron chi connectivity index (χ4n) is 2.16. The van der Waals surface area contributed by atoms with E-state index in [0.29, 0.717) is 0 Å². The molecule has 0 aliphatic rings. The van der Waals surface area contributed by atoms with E-state index in [1.807, 2.05) is 55.5 Å². The Morgan fingerprint density at radius 3 is 2.52 bits per heavy atom. The lowest BCUT2D eigenvalue weighted by Gasteiger charge is -2.17. The number of hydrogen-bond acceptors (Lipinski definition) is 4. The number of benzene rings is 2. The summed E-state index contributed by atoms with van der Waals surface area (Å²) in [5, 5.41) is 14.1. The molecule has 21 heavy (non-hydrogen) atoms. The number of rotatable bonds is 6. The highest BCUT2D eigenvalue weighted by Crippen LogP contribution is 2.22. The molecule has 2 aromatic carbocycles. The highest BCUT2D eigenvalue weighted by Gasteiger charge is 2.17. The Morgan fingerprint density at radius 1 is 1.24 bits per heavy atom. The Labute approximate surface area is 123 Å². The standard InChI is InChI=1S/C16H18N2O3/c1-12-4-3-5-13(10-12)16(11-18(19)20)17-14-6-8-15(21-2)9-7-14/h3-10,16-17H,11H2,1-2H3/t16-/m0/s1. The lowest BCUT2D eigenvalue weighted by Crippen LogP contribution is -2.20. The van der Waals surface area contributed by atoms with Crippen LogP contribution in [0, 0.1) is 17.0 Å². The predicted molar refractivity (Wildman–Crippen MR) is 82.4 cm³/mol. The summed E-state index contributed by atoms with van der Waals surface area (Å²) in [6, 6.07) is 14.7. The Bertz CT molecular complexity index is 611. The first-order valence-corrected chi connectivity index (χ1v) is 6.67. The quantitative estimate of drug-likeness (QED) is 0.652.